The van der Waals surface area contributed by atoms with Gasteiger partial charge in [0.05, 0.1) is 16.8 Å². The number of fused-ring (bicyclic) bond motifs is 1. The molecule has 30 heavy (non-hydrogen) atoms. The normalized spacial score (nSPS) is 11.7. The molecule has 0 aliphatic rings. The molecule has 10 heteroatoms. The number of benzene rings is 2. The third-order valence-electron chi connectivity index (χ3n) is 4.65. The van der Waals surface area contributed by atoms with E-state index in [-0.39, 0.29) is 4.90 Å². The van der Waals surface area contributed by atoms with E-state index in [1.54, 1.807) is 16.6 Å². The summed E-state index contributed by atoms with van der Waals surface area (Å²) in [6, 6.07) is 14.7. The SMILES string of the molecule is CN(C)c1ccccc1-c1cn2nc(NCCc3ccc(S(N)(=O)=O)cc3)sc2n1. The van der Waals surface area contributed by atoms with E-state index in [2.05, 4.69) is 27.4 Å². The lowest BCUT2D eigenvalue weighted by Crippen LogP contribution is -2.12. The van der Waals surface area contributed by atoms with Crippen molar-refractivity contribution in [2.24, 2.45) is 5.14 Å². The Balaban J connectivity index is 1.43. The van der Waals surface area contributed by atoms with Crippen LogP contribution in [0.2, 0.25) is 0 Å². The smallest absolute Gasteiger partial charge is 0.238 e. The van der Waals surface area contributed by atoms with Gasteiger partial charge in [-0.15, -0.1) is 5.10 Å². The van der Waals surface area contributed by atoms with E-state index in [0.29, 0.717) is 6.54 Å². The van der Waals surface area contributed by atoms with Crippen molar-refractivity contribution in [2.45, 2.75) is 11.3 Å². The van der Waals surface area contributed by atoms with Gasteiger partial charge in [-0.05, 0) is 30.2 Å². The Morgan fingerprint density at radius 1 is 1.13 bits per heavy atom. The number of nitrogens with two attached hydrogens (primary N) is 1. The third kappa shape index (κ3) is 4.30. The molecule has 0 spiro atoms. The summed E-state index contributed by atoms with van der Waals surface area (Å²) in [5, 5.41) is 13.8. The quantitative estimate of drug-likeness (QED) is 0.456. The summed E-state index contributed by atoms with van der Waals surface area (Å²) >= 11 is 1.49. The first-order valence-electron chi connectivity index (χ1n) is 9.30. The zero-order valence-corrected chi connectivity index (χ0v) is 18.2. The number of hydrogen-bond donors (Lipinski definition) is 2. The van der Waals surface area contributed by atoms with Gasteiger partial charge in [0.1, 0.15) is 0 Å². The summed E-state index contributed by atoms with van der Waals surface area (Å²) < 4.78 is 24.4. The van der Waals surface area contributed by atoms with Crippen molar-refractivity contribution in [1.82, 2.24) is 14.6 Å². The lowest BCUT2D eigenvalue weighted by atomic mass is 10.1. The fourth-order valence-electron chi connectivity index (χ4n) is 3.14. The Bertz CT molecular complexity index is 1240. The van der Waals surface area contributed by atoms with Gasteiger partial charge in [0, 0.05) is 31.9 Å². The Morgan fingerprint density at radius 3 is 2.53 bits per heavy atom. The molecular formula is C20H22N6O2S2. The molecule has 2 aromatic carbocycles. The topological polar surface area (TPSA) is 106 Å². The number of sulfonamides is 1. The average molecular weight is 443 g/mol. The summed E-state index contributed by atoms with van der Waals surface area (Å²) in [5.74, 6) is 0. The predicted molar refractivity (Wildman–Crippen MR) is 121 cm³/mol. The number of primary sulfonamides is 1. The van der Waals surface area contributed by atoms with Crippen LogP contribution < -0.4 is 15.4 Å². The molecule has 0 unspecified atom stereocenters. The van der Waals surface area contributed by atoms with Crippen molar-refractivity contribution in [1.29, 1.82) is 0 Å². The van der Waals surface area contributed by atoms with Crippen molar-refractivity contribution in [3.8, 4) is 11.3 Å². The van der Waals surface area contributed by atoms with Crippen molar-refractivity contribution in [2.75, 3.05) is 30.9 Å². The molecule has 0 saturated heterocycles. The second-order valence-corrected chi connectivity index (χ2v) is 9.56. The van der Waals surface area contributed by atoms with Crippen LogP contribution in [0.15, 0.2) is 59.6 Å². The van der Waals surface area contributed by atoms with E-state index in [9.17, 15) is 8.42 Å². The van der Waals surface area contributed by atoms with Crippen LogP contribution in [0.4, 0.5) is 10.8 Å². The van der Waals surface area contributed by atoms with Crippen molar-refractivity contribution in [3.05, 3.63) is 60.3 Å². The molecule has 3 N–H and O–H groups in total. The Kier molecular flexibility index (Phi) is 5.46. The molecule has 4 rings (SSSR count). The number of hydrogen-bond acceptors (Lipinski definition) is 7. The molecule has 0 bridgehead atoms. The highest BCUT2D eigenvalue weighted by atomic mass is 32.2. The molecule has 2 heterocycles. The zero-order valence-electron chi connectivity index (χ0n) is 16.6. The van der Waals surface area contributed by atoms with Gasteiger partial charge in [-0.1, -0.05) is 41.7 Å². The summed E-state index contributed by atoms with van der Waals surface area (Å²) in [7, 11) is 0.369. The number of aromatic nitrogens is 3. The van der Waals surface area contributed by atoms with Crippen LogP contribution in [-0.2, 0) is 16.4 Å². The van der Waals surface area contributed by atoms with E-state index in [1.807, 2.05) is 32.4 Å². The number of nitrogens with zero attached hydrogens (tertiary/aromatic N) is 4. The van der Waals surface area contributed by atoms with E-state index in [0.717, 1.165) is 39.0 Å². The number of anilines is 2. The van der Waals surface area contributed by atoms with Crippen molar-refractivity contribution < 1.29 is 8.42 Å². The first-order chi connectivity index (χ1) is 14.3. The molecule has 0 fully saturated rings. The number of nitrogens with one attached hydrogen (secondary N) is 1. The molecule has 0 aliphatic carbocycles. The fourth-order valence-corrected chi connectivity index (χ4v) is 4.46. The van der Waals surface area contributed by atoms with E-state index >= 15 is 0 Å². The summed E-state index contributed by atoms with van der Waals surface area (Å²) in [5.41, 5.74) is 4.08. The molecule has 156 valence electrons. The van der Waals surface area contributed by atoms with Gasteiger partial charge in [-0.3, -0.25) is 0 Å². The van der Waals surface area contributed by atoms with Crippen LogP contribution in [0.5, 0.6) is 0 Å². The minimum absolute atomic E-state index is 0.118. The number of para-hydroxylation sites is 1. The monoisotopic (exact) mass is 442 g/mol. The maximum absolute atomic E-state index is 11.3. The molecule has 0 saturated carbocycles. The molecule has 0 amide bonds. The molecule has 0 aliphatic heterocycles. The van der Waals surface area contributed by atoms with Crippen molar-refractivity contribution >= 4 is 37.1 Å². The average Bonchev–Trinajstić information content (AvgIpc) is 3.26. The van der Waals surface area contributed by atoms with Crippen LogP contribution >= 0.6 is 11.3 Å². The summed E-state index contributed by atoms with van der Waals surface area (Å²) in [6.07, 6.45) is 2.67. The van der Waals surface area contributed by atoms with Gasteiger partial charge in [0.25, 0.3) is 0 Å². The van der Waals surface area contributed by atoms with E-state index < -0.39 is 10.0 Å². The summed E-state index contributed by atoms with van der Waals surface area (Å²) in [4.78, 5) is 7.73. The maximum atomic E-state index is 11.3. The van der Waals surface area contributed by atoms with Gasteiger partial charge >= 0.3 is 0 Å². The Morgan fingerprint density at radius 2 is 1.87 bits per heavy atom. The first kappa shape index (κ1) is 20.3. The molecule has 4 aromatic rings. The standard InChI is InChI=1S/C20H22N6O2S2/c1-25(2)18-6-4-3-5-16(18)17-13-26-20(23-17)29-19(24-26)22-12-11-14-7-9-15(10-8-14)30(21,27)28/h3-10,13H,11-12H2,1-2H3,(H,22,24)(H2,21,27,28). The molecule has 8 nitrogen and oxygen atoms in total. The van der Waals surface area contributed by atoms with Crippen LogP contribution in [0, 0.1) is 0 Å². The maximum Gasteiger partial charge on any atom is 0.238 e. The second-order valence-electron chi connectivity index (χ2n) is 7.04. The first-order valence-corrected chi connectivity index (χ1v) is 11.7. The van der Waals surface area contributed by atoms with Crippen LogP contribution in [-0.4, -0.2) is 43.7 Å². The van der Waals surface area contributed by atoms with Gasteiger partial charge in [0.2, 0.25) is 20.1 Å². The van der Waals surface area contributed by atoms with E-state index in [1.165, 1.54) is 23.5 Å². The van der Waals surface area contributed by atoms with Gasteiger partial charge in [0.15, 0.2) is 0 Å². The molecule has 2 aromatic heterocycles. The van der Waals surface area contributed by atoms with Gasteiger partial charge in [-0.2, -0.15) is 0 Å². The van der Waals surface area contributed by atoms with Gasteiger partial charge in [-0.25, -0.2) is 23.1 Å². The largest absolute Gasteiger partial charge is 0.377 e. The number of rotatable bonds is 7. The Hall–Kier alpha value is -2.95. The van der Waals surface area contributed by atoms with Gasteiger partial charge < -0.3 is 10.2 Å². The molecular weight excluding hydrogens is 420 g/mol. The highest BCUT2D eigenvalue weighted by Gasteiger charge is 2.13. The lowest BCUT2D eigenvalue weighted by molar-refractivity contribution is 0.598. The molecule has 0 radical (unpaired) electrons. The highest BCUT2D eigenvalue weighted by Crippen LogP contribution is 2.30. The zero-order chi connectivity index (χ0) is 21.3. The second kappa shape index (κ2) is 8.05. The van der Waals surface area contributed by atoms with Crippen LogP contribution in [0.25, 0.3) is 16.2 Å². The minimum Gasteiger partial charge on any atom is -0.377 e. The predicted octanol–water partition coefficient (Wildman–Crippen LogP) is 2.83. The fraction of sp³-hybridized carbons (Fsp3) is 0.200. The lowest BCUT2D eigenvalue weighted by Gasteiger charge is -2.15. The third-order valence-corrected chi connectivity index (χ3v) is 6.46. The van der Waals surface area contributed by atoms with Crippen molar-refractivity contribution in [3.63, 3.8) is 0 Å². The van der Waals surface area contributed by atoms with E-state index in [4.69, 9.17) is 10.1 Å². The number of imidazole rings is 1. The Labute approximate surface area is 179 Å². The van der Waals surface area contributed by atoms with Crippen LogP contribution in [0.1, 0.15) is 5.56 Å². The highest BCUT2D eigenvalue weighted by molar-refractivity contribution is 7.89. The molecule has 0 atom stereocenters. The minimum atomic E-state index is -3.66. The summed E-state index contributed by atoms with van der Waals surface area (Å²) in [6.45, 7) is 0.668. The van der Waals surface area contributed by atoms with Crippen LogP contribution in [0.3, 0.4) is 0 Å².